The number of fused-ring (bicyclic) bond motifs is 1. The van der Waals surface area contributed by atoms with Crippen molar-refractivity contribution in [3.05, 3.63) is 41.1 Å². The maximum Gasteiger partial charge on any atom is 0.211 e. The third-order valence-corrected chi connectivity index (χ3v) is 4.69. The molecule has 1 N–H and O–H groups in total. The first-order chi connectivity index (χ1) is 8.97. The molecule has 3 rings (SSSR count). The number of nitrogens with zero attached hydrogens (tertiary/aromatic N) is 2. The van der Waals surface area contributed by atoms with Gasteiger partial charge in [-0.15, -0.1) is 0 Å². The molecule has 1 aliphatic heterocycles. The van der Waals surface area contributed by atoms with E-state index in [4.69, 9.17) is 0 Å². The monoisotopic (exact) mass is 277 g/mol. The van der Waals surface area contributed by atoms with Crippen LogP contribution in [-0.4, -0.2) is 29.2 Å². The lowest BCUT2D eigenvalue weighted by Gasteiger charge is -2.12. The van der Waals surface area contributed by atoms with Gasteiger partial charge in [0.05, 0.1) is 24.2 Å². The first-order valence-corrected chi connectivity index (χ1v) is 7.89. The predicted octanol–water partition coefficient (Wildman–Crippen LogP) is 1.66. The Morgan fingerprint density at radius 3 is 2.68 bits per heavy atom. The summed E-state index contributed by atoms with van der Waals surface area (Å²) in [5.41, 5.74) is 4.92. The Morgan fingerprint density at radius 1 is 1.26 bits per heavy atom. The van der Waals surface area contributed by atoms with E-state index in [1.165, 1.54) is 10.6 Å². The maximum atomic E-state index is 11.6. The molecular weight excluding hydrogens is 262 g/mol. The molecule has 0 saturated heterocycles. The van der Waals surface area contributed by atoms with E-state index in [1.54, 1.807) is 0 Å². The highest BCUT2D eigenvalue weighted by molar-refractivity contribution is 7.88. The molecule has 0 radical (unpaired) electrons. The first kappa shape index (κ1) is 12.4. The average Bonchev–Trinajstić information content (AvgIpc) is 2.88. The van der Waals surface area contributed by atoms with Crippen LogP contribution in [-0.2, 0) is 23.1 Å². The topological polar surface area (TPSA) is 66.1 Å². The molecule has 6 heteroatoms. The smallest absolute Gasteiger partial charge is 0.211 e. The van der Waals surface area contributed by atoms with Crippen LogP contribution >= 0.6 is 0 Å². The standard InChI is InChI=1S/C13H15N3O2S/c1-9-5-3-4-6-10(9)13-11-7-16(19(2,17)18)8-12(11)14-15-13/h3-6H,7-8H2,1-2H3,(H,14,15). The molecule has 0 amide bonds. The molecule has 1 aromatic heterocycles. The Hall–Kier alpha value is -1.66. The Balaban J connectivity index is 2.04. The number of H-pyrrole nitrogens is 1. The van der Waals surface area contributed by atoms with E-state index in [1.807, 2.05) is 31.2 Å². The second-order valence-corrected chi connectivity index (χ2v) is 6.86. The van der Waals surface area contributed by atoms with Gasteiger partial charge >= 0.3 is 0 Å². The van der Waals surface area contributed by atoms with Gasteiger partial charge in [0, 0.05) is 17.7 Å². The molecule has 0 bridgehead atoms. The van der Waals surface area contributed by atoms with Crippen LogP contribution in [0.25, 0.3) is 11.3 Å². The van der Waals surface area contributed by atoms with Crippen molar-refractivity contribution in [3.8, 4) is 11.3 Å². The third kappa shape index (κ3) is 2.06. The molecule has 1 aromatic carbocycles. The van der Waals surface area contributed by atoms with Gasteiger partial charge in [-0.05, 0) is 12.5 Å². The van der Waals surface area contributed by atoms with Gasteiger partial charge in [0.15, 0.2) is 0 Å². The second kappa shape index (κ2) is 4.18. The number of sulfonamides is 1. The normalized spacial score (nSPS) is 15.7. The lowest BCUT2D eigenvalue weighted by molar-refractivity contribution is 0.432. The minimum Gasteiger partial charge on any atom is -0.280 e. The number of rotatable bonds is 2. The first-order valence-electron chi connectivity index (χ1n) is 6.04. The fourth-order valence-corrected chi connectivity index (χ4v) is 3.13. The summed E-state index contributed by atoms with van der Waals surface area (Å²) >= 11 is 0. The van der Waals surface area contributed by atoms with Gasteiger partial charge in [-0.3, -0.25) is 5.10 Å². The van der Waals surface area contributed by atoms with Crippen LogP contribution in [0, 0.1) is 6.92 Å². The van der Waals surface area contributed by atoms with E-state index in [0.29, 0.717) is 13.1 Å². The van der Waals surface area contributed by atoms with Gasteiger partial charge in [0.25, 0.3) is 0 Å². The quantitative estimate of drug-likeness (QED) is 0.908. The van der Waals surface area contributed by atoms with Crippen LogP contribution in [0.3, 0.4) is 0 Å². The van der Waals surface area contributed by atoms with Crippen LogP contribution in [0.5, 0.6) is 0 Å². The Bertz CT molecular complexity index is 734. The van der Waals surface area contributed by atoms with Crippen molar-refractivity contribution in [2.45, 2.75) is 20.0 Å². The van der Waals surface area contributed by atoms with Gasteiger partial charge in [-0.25, -0.2) is 8.42 Å². The Morgan fingerprint density at radius 2 is 2.00 bits per heavy atom. The molecule has 5 nitrogen and oxygen atoms in total. The lowest BCUT2D eigenvalue weighted by atomic mass is 10.0. The van der Waals surface area contributed by atoms with Crippen LogP contribution in [0.2, 0.25) is 0 Å². The minimum absolute atomic E-state index is 0.382. The molecule has 2 heterocycles. The SMILES string of the molecule is Cc1ccccc1-c1n[nH]c2c1CN(S(C)(=O)=O)C2. The zero-order valence-corrected chi connectivity index (χ0v) is 11.7. The van der Waals surface area contributed by atoms with Gasteiger partial charge in [-0.1, -0.05) is 24.3 Å². The average molecular weight is 277 g/mol. The number of hydrogen-bond donors (Lipinski definition) is 1. The van der Waals surface area contributed by atoms with E-state index in [-0.39, 0.29) is 0 Å². The Kier molecular flexibility index (Phi) is 2.72. The van der Waals surface area contributed by atoms with Crippen LogP contribution in [0.15, 0.2) is 24.3 Å². The van der Waals surface area contributed by atoms with Crippen LogP contribution in [0.1, 0.15) is 16.8 Å². The van der Waals surface area contributed by atoms with E-state index in [9.17, 15) is 8.42 Å². The van der Waals surface area contributed by atoms with E-state index in [0.717, 1.165) is 28.1 Å². The van der Waals surface area contributed by atoms with E-state index < -0.39 is 10.0 Å². The zero-order valence-electron chi connectivity index (χ0n) is 10.8. The maximum absolute atomic E-state index is 11.6. The minimum atomic E-state index is -3.16. The summed E-state index contributed by atoms with van der Waals surface area (Å²) < 4.78 is 24.7. The summed E-state index contributed by atoms with van der Waals surface area (Å²) in [6, 6.07) is 7.98. The number of hydrogen-bond acceptors (Lipinski definition) is 3. The fourth-order valence-electron chi connectivity index (χ4n) is 2.41. The molecule has 0 spiro atoms. The summed E-state index contributed by atoms with van der Waals surface area (Å²) in [5.74, 6) is 0. The van der Waals surface area contributed by atoms with Crippen LogP contribution in [0.4, 0.5) is 0 Å². The molecule has 2 aromatic rings. The van der Waals surface area contributed by atoms with E-state index >= 15 is 0 Å². The molecule has 0 fully saturated rings. The summed E-state index contributed by atoms with van der Waals surface area (Å²) in [4.78, 5) is 0. The summed E-state index contributed by atoms with van der Waals surface area (Å²) in [6.07, 6.45) is 1.24. The number of aryl methyl sites for hydroxylation is 1. The van der Waals surface area contributed by atoms with Crippen molar-refractivity contribution in [1.29, 1.82) is 0 Å². The number of benzene rings is 1. The third-order valence-electron chi connectivity index (χ3n) is 3.49. The molecule has 0 aliphatic carbocycles. The fraction of sp³-hybridized carbons (Fsp3) is 0.308. The lowest BCUT2D eigenvalue weighted by Crippen LogP contribution is -2.24. The van der Waals surface area contributed by atoms with Gasteiger partial charge in [0.1, 0.15) is 0 Å². The van der Waals surface area contributed by atoms with Gasteiger partial charge in [-0.2, -0.15) is 9.40 Å². The molecule has 1 aliphatic rings. The molecule has 19 heavy (non-hydrogen) atoms. The highest BCUT2D eigenvalue weighted by Crippen LogP contribution is 2.32. The number of aromatic nitrogens is 2. The largest absolute Gasteiger partial charge is 0.280 e. The molecule has 0 saturated carbocycles. The number of nitrogens with one attached hydrogen (secondary N) is 1. The number of aromatic amines is 1. The predicted molar refractivity (Wildman–Crippen MR) is 72.9 cm³/mol. The van der Waals surface area contributed by atoms with Crippen molar-refractivity contribution < 1.29 is 8.42 Å². The highest BCUT2D eigenvalue weighted by Gasteiger charge is 2.30. The van der Waals surface area contributed by atoms with E-state index in [2.05, 4.69) is 10.2 Å². The zero-order chi connectivity index (χ0) is 13.6. The summed E-state index contributed by atoms with van der Waals surface area (Å²) in [5, 5.41) is 7.30. The second-order valence-electron chi connectivity index (χ2n) is 4.88. The molecular formula is C13H15N3O2S. The van der Waals surface area contributed by atoms with Crippen molar-refractivity contribution >= 4 is 10.0 Å². The molecule has 0 unspecified atom stereocenters. The van der Waals surface area contributed by atoms with Gasteiger partial charge < -0.3 is 0 Å². The van der Waals surface area contributed by atoms with Crippen molar-refractivity contribution in [2.75, 3.05) is 6.26 Å². The molecule has 100 valence electrons. The highest BCUT2D eigenvalue weighted by atomic mass is 32.2. The molecule has 0 atom stereocenters. The summed E-state index contributed by atoms with van der Waals surface area (Å²) in [6.45, 7) is 2.81. The Labute approximate surface area is 112 Å². The van der Waals surface area contributed by atoms with Crippen molar-refractivity contribution in [3.63, 3.8) is 0 Å². The van der Waals surface area contributed by atoms with Crippen LogP contribution < -0.4 is 0 Å². The van der Waals surface area contributed by atoms with Crippen molar-refractivity contribution in [1.82, 2.24) is 14.5 Å². The van der Waals surface area contributed by atoms with Gasteiger partial charge in [0.2, 0.25) is 10.0 Å². The summed E-state index contributed by atoms with van der Waals surface area (Å²) in [7, 11) is -3.16. The van der Waals surface area contributed by atoms with Crippen molar-refractivity contribution in [2.24, 2.45) is 0 Å².